The topological polar surface area (TPSA) is 59.4 Å². The molecule has 0 saturated heterocycles. The molecule has 3 rings (SSSR count). The van der Waals surface area contributed by atoms with E-state index in [1.54, 1.807) is 12.3 Å². The molecular formula is C17H19NO3. The van der Waals surface area contributed by atoms with Crippen LogP contribution in [0.15, 0.2) is 30.5 Å². The lowest BCUT2D eigenvalue weighted by Crippen LogP contribution is -2.17. The number of carboxylic acid groups (broad SMARTS) is 1. The van der Waals surface area contributed by atoms with Crippen molar-refractivity contribution in [2.75, 3.05) is 0 Å². The Balaban J connectivity index is 1.97. The summed E-state index contributed by atoms with van der Waals surface area (Å²) in [6, 6.07) is 7.28. The van der Waals surface area contributed by atoms with Crippen molar-refractivity contribution in [3.63, 3.8) is 0 Å². The van der Waals surface area contributed by atoms with Gasteiger partial charge in [-0.25, -0.2) is 4.79 Å². The normalized spacial score (nSPS) is 16.6. The molecule has 1 fully saturated rings. The minimum absolute atomic E-state index is 0.105. The monoisotopic (exact) mass is 285 g/mol. The van der Waals surface area contributed by atoms with E-state index in [-0.39, 0.29) is 11.7 Å². The maximum absolute atomic E-state index is 11.6. The minimum Gasteiger partial charge on any atom is -0.488 e. The smallest absolute Gasteiger partial charge is 0.340 e. The van der Waals surface area contributed by atoms with E-state index in [2.05, 4.69) is 4.98 Å². The van der Waals surface area contributed by atoms with E-state index in [0.717, 1.165) is 25.7 Å². The third-order valence-electron chi connectivity index (χ3n) is 4.05. The van der Waals surface area contributed by atoms with Crippen LogP contribution in [0.4, 0.5) is 0 Å². The maximum atomic E-state index is 11.6. The molecule has 1 aromatic heterocycles. The van der Waals surface area contributed by atoms with Gasteiger partial charge >= 0.3 is 5.97 Å². The molecule has 0 spiro atoms. The van der Waals surface area contributed by atoms with Crippen molar-refractivity contribution in [1.29, 1.82) is 0 Å². The van der Waals surface area contributed by atoms with Gasteiger partial charge in [0.25, 0.3) is 0 Å². The van der Waals surface area contributed by atoms with Gasteiger partial charge in [-0.3, -0.25) is 4.98 Å². The quantitative estimate of drug-likeness (QED) is 0.865. The molecule has 4 heteroatoms. The third-order valence-corrected chi connectivity index (χ3v) is 4.05. The molecule has 0 bridgehead atoms. The molecule has 0 amide bonds. The number of hydrogen-bond acceptors (Lipinski definition) is 3. The molecular weight excluding hydrogens is 266 g/mol. The predicted octanol–water partition coefficient (Wildman–Crippen LogP) is 4.03. The van der Waals surface area contributed by atoms with Crippen LogP contribution in [0.25, 0.3) is 10.9 Å². The number of para-hydroxylation sites is 1. The Bertz CT molecular complexity index is 646. The molecule has 1 heterocycles. The average molecular weight is 285 g/mol. The zero-order valence-electron chi connectivity index (χ0n) is 11.9. The van der Waals surface area contributed by atoms with E-state index in [1.165, 1.54) is 12.8 Å². The molecule has 21 heavy (non-hydrogen) atoms. The molecule has 1 aliphatic carbocycles. The van der Waals surface area contributed by atoms with Crippen LogP contribution in [0, 0.1) is 0 Å². The van der Waals surface area contributed by atoms with Crippen LogP contribution in [0.5, 0.6) is 5.75 Å². The van der Waals surface area contributed by atoms with Gasteiger partial charge in [0, 0.05) is 5.39 Å². The SMILES string of the molecule is O=C(O)c1c(OC2CCCCCC2)cnc2ccccc12. The van der Waals surface area contributed by atoms with Crippen LogP contribution in [0.3, 0.4) is 0 Å². The second-order valence-corrected chi connectivity index (χ2v) is 5.55. The fourth-order valence-corrected chi connectivity index (χ4v) is 2.97. The predicted molar refractivity (Wildman–Crippen MR) is 80.8 cm³/mol. The lowest BCUT2D eigenvalue weighted by molar-refractivity contribution is 0.0690. The van der Waals surface area contributed by atoms with Crippen LogP contribution >= 0.6 is 0 Å². The van der Waals surface area contributed by atoms with E-state index in [9.17, 15) is 9.90 Å². The molecule has 4 nitrogen and oxygen atoms in total. The van der Waals surface area contributed by atoms with Crippen molar-refractivity contribution in [3.05, 3.63) is 36.0 Å². The number of carbonyl (C=O) groups is 1. The van der Waals surface area contributed by atoms with Gasteiger partial charge in [0.2, 0.25) is 0 Å². The molecule has 0 radical (unpaired) electrons. The number of fused-ring (bicyclic) bond motifs is 1. The van der Waals surface area contributed by atoms with Crippen LogP contribution in [-0.4, -0.2) is 22.2 Å². The van der Waals surface area contributed by atoms with E-state index in [0.29, 0.717) is 16.7 Å². The van der Waals surface area contributed by atoms with E-state index in [1.807, 2.05) is 18.2 Å². The molecule has 1 aliphatic rings. The molecule has 0 atom stereocenters. The van der Waals surface area contributed by atoms with Crippen LogP contribution in [-0.2, 0) is 0 Å². The average Bonchev–Trinajstić information content (AvgIpc) is 2.75. The minimum atomic E-state index is -0.961. The van der Waals surface area contributed by atoms with Crippen LogP contribution in [0.1, 0.15) is 48.9 Å². The molecule has 1 saturated carbocycles. The van der Waals surface area contributed by atoms with Gasteiger partial charge < -0.3 is 9.84 Å². The van der Waals surface area contributed by atoms with Crippen LogP contribution in [0.2, 0.25) is 0 Å². The Morgan fingerprint density at radius 2 is 1.86 bits per heavy atom. The second-order valence-electron chi connectivity index (χ2n) is 5.55. The largest absolute Gasteiger partial charge is 0.488 e. The lowest BCUT2D eigenvalue weighted by atomic mass is 10.1. The van der Waals surface area contributed by atoms with Gasteiger partial charge in [0.15, 0.2) is 5.75 Å². The maximum Gasteiger partial charge on any atom is 0.340 e. The zero-order chi connectivity index (χ0) is 14.7. The Hall–Kier alpha value is -2.10. The number of benzene rings is 1. The molecule has 1 N–H and O–H groups in total. The van der Waals surface area contributed by atoms with E-state index >= 15 is 0 Å². The van der Waals surface area contributed by atoms with Gasteiger partial charge in [-0.1, -0.05) is 31.0 Å². The molecule has 0 unspecified atom stereocenters. The van der Waals surface area contributed by atoms with Crippen molar-refractivity contribution in [2.45, 2.75) is 44.6 Å². The number of rotatable bonds is 3. The first-order valence-corrected chi connectivity index (χ1v) is 7.53. The number of aromatic carboxylic acids is 1. The van der Waals surface area contributed by atoms with Gasteiger partial charge in [0.1, 0.15) is 5.56 Å². The first-order chi connectivity index (χ1) is 10.3. The summed E-state index contributed by atoms with van der Waals surface area (Å²) in [6.07, 6.45) is 8.41. The number of pyridine rings is 1. The number of aromatic nitrogens is 1. The van der Waals surface area contributed by atoms with Crippen molar-refractivity contribution in [1.82, 2.24) is 4.98 Å². The zero-order valence-corrected chi connectivity index (χ0v) is 11.9. The fraction of sp³-hybridized carbons (Fsp3) is 0.412. The second kappa shape index (κ2) is 6.12. The van der Waals surface area contributed by atoms with Crippen LogP contribution < -0.4 is 4.74 Å². The summed E-state index contributed by atoms with van der Waals surface area (Å²) in [5, 5.41) is 10.2. The highest BCUT2D eigenvalue weighted by atomic mass is 16.5. The Labute approximate surface area is 123 Å². The van der Waals surface area contributed by atoms with Gasteiger partial charge in [-0.15, -0.1) is 0 Å². The number of carboxylic acids is 1. The summed E-state index contributed by atoms with van der Waals surface area (Å²) >= 11 is 0. The van der Waals surface area contributed by atoms with Crippen molar-refractivity contribution >= 4 is 16.9 Å². The van der Waals surface area contributed by atoms with E-state index < -0.39 is 5.97 Å². The Morgan fingerprint density at radius 3 is 2.57 bits per heavy atom. The Morgan fingerprint density at radius 1 is 1.14 bits per heavy atom. The summed E-state index contributed by atoms with van der Waals surface area (Å²) in [5.41, 5.74) is 0.910. The number of ether oxygens (including phenoxy) is 1. The van der Waals surface area contributed by atoms with Gasteiger partial charge in [-0.05, 0) is 31.7 Å². The molecule has 2 aromatic rings. The third kappa shape index (κ3) is 2.99. The van der Waals surface area contributed by atoms with Crippen molar-refractivity contribution in [2.24, 2.45) is 0 Å². The van der Waals surface area contributed by atoms with Crippen molar-refractivity contribution < 1.29 is 14.6 Å². The highest BCUT2D eigenvalue weighted by Crippen LogP contribution is 2.29. The Kier molecular flexibility index (Phi) is 4.04. The standard InChI is InChI=1S/C17H19NO3/c19-17(20)16-13-9-5-6-10-14(13)18-11-15(16)21-12-7-3-1-2-4-8-12/h5-6,9-12H,1-4,7-8H2,(H,19,20). The summed E-state index contributed by atoms with van der Waals surface area (Å²) in [4.78, 5) is 16.0. The molecule has 1 aromatic carbocycles. The number of nitrogens with zero attached hydrogens (tertiary/aromatic N) is 1. The van der Waals surface area contributed by atoms with Crippen molar-refractivity contribution in [3.8, 4) is 5.75 Å². The summed E-state index contributed by atoms with van der Waals surface area (Å²) in [6.45, 7) is 0. The summed E-state index contributed by atoms with van der Waals surface area (Å²) < 4.78 is 5.99. The first kappa shape index (κ1) is 13.9. The highest BCUT2D eigenvalue weighted by Gasteiger charge is 2.20. The lowest BCUT2D eigenvalue weighted by Gasteiger charge is -2.18. The first-order valence-electron chi connectivity index (χ1n) is 7.53. The molecule has 110 valence electrons. The number of hydrogen-bond donors (Lipinski definition) is 1. The van der Waals surface area contributed by atoms with Gasteiger partial charge in [0.05, 0.1) is 17.8 Å². The van der Waals surface area contributed by atoms with E-state index in [4.69, 9.17) is 4.74 Å². The highest BCUT2D eigenvalue weighted by molar-refractivity contribution is 6.04. The summed E-state index contributed by atoms with van der Waals surface area (Å²) in [5.74, 6) is -0.565. The van der Waals surface area contributed by atoms with Gasteiger partial charge in [-0.2, -0.15) is 0 Å². The molecule has 0 aliphatic heterocycles. The summed E-state index contributed by atoms with van der Waals surface area (Å²) in [7, 11) is 0. The fourth-order valence-electron chi connectivity index (χ4n) is 2.97.